The number of hydrogen-bond donors (Lipinski definition) is 2. The molecule has 100 valence electrons. The Labute approximate surface area is 115 Å². The zero-order valence-corrected chi connectivity index (χ0v) is 10.2. The van der Waals surface area contributed by atoms with Gasteiger partial charge in [-0.1, -0.05) is 12.1 Å². The molecule has 0 radical (unpaired) electrons. The van der Waals surface area contributed by atoms with Crippen molar-refractivity contribution in [2.45, 2.75) is 31.4 Å². The quantitative estimate of drug-likeness (QED) is 0.811. The second-order valence-electron chi connectivity index (χ2n) is 4.82. The number of ketones is 1. The molecule has 1 fully saturated rings. The molecule has 1 heterocycles. The average Bonchev–Trinajstić information content (AvgIpc) is 2.48. The number of rotatable bonds is 1. The van der Waals surface area contributed by atoms with E-state index in [9.17, 15) is 15.0 Å². The number of aliphatic hydroxyl groups excluding tert-OH is 1. The number of aromatic hydroxyl groups is 1. The van der Waals surface area contributed by atoms with Crippen LogP contribution in [0.25, 0.3) is 5.57 Å². The first-order valence-corrected chi connectivity index (χ1v) is 6.21. The number of allylic oxidation sites excluding steroid dienone is 1. The molecule has 1 aromatic carbocycles. The molecule has 2 aliphatic rings. The number of carbonyl (C=O) groups excluding carboxylic acids is 1. The number of phenols is 1. The van der Waals surface area contributed by atoms with Crippen molar-refractivity contribution in [2.75, 3.05) is 0 Å². The molecule has 4 heteroatoms. The Morgan fingerprint density at radius 2 is 2.11 bits per heavy atom. The van der Waals surface area contributed by atoms with Crippen LogP contribution in [0, 0.1) is 5.92 Å². The van der Waals surface area contributed by atoms with Gasteiger partial charge in [0.15, 0.2) is 5.78 Å². The second-order valence-corrected chi connectivity index (χ2v) is 4.82. The van der Waals surface area contributed by atoms with Crippen molar-refractivity contribution in [2.24, 2.45) is 5.92 Å². The number of Topliss-reactive ketones (excluding diaryl/α,β-unsaturated/α-hetero) is 1. The van der Waals surface area contributed by atoms with Crippen LogP contribution in [0.5, 0.6) is 5.75 Å². The number of hydrogen-bond acceptors (Lipinski definition) is 4. The summed E-state index contributed by atoms with van der Waals surface area (Å²) >= 11 is 0. The van der Waals surface area contributed by atoms with Crippen molar-refractivity contribution in [1.29, 1.82) is 0 Å². The lowest BCUT2D eigenvalue weighted by atomic mass is 9.78. The minimum absolute atomic E-state index is 0.204. The topological polar surface area (TPSA) is 66.8 Å². The first kappa shape index (κ1) is 9.15. The zero-order valence-electron chi connectivity index (χ0n) is 13.2. The van der Waals surface area contributed by atoms with E-state index in [1.54, 1.807) is 0 Å². The maximum absolute atomic E-state index is 12.6. The molecule has 0 bridgehead atoms. The van der Waals surface area contributed by atoms with Crippen LogP contribution in [0.4, 0.5) is 0 Å². The van der Waals surface area contributed by atoms with Gasteiger partial charge in [-0.15, -0.1) is 0 Å². The van der Waals surface area contributed by atoms with Crippen LogP contribution in [0.3, 0.4) is 0 Å². The molecule has 3 rings (SSSR count). The van der Waals surface area contributed by atoms with Crippen molar-refractivity contribution >= 4 is 11.4 Å². The highest BCUT2D eigenvalue weighted by Gasteiger charge is 2.39. The van der Waals surface area contributed by atoms with E-state index in [0.717, 1.165) is 0 Å². The highest BCUT2D eigenvalue weighted by atomic mass is 16.5. The average molecular weight is 263 g/mol. The van der Waals surface area contributed by atoms with Gasteiger partial charge >= 0.3 is 0 Å². The van der Waals surface area contributed by atoms with Crippen molar-refractivity contribution in [3.8, 4) is 5.75 Å². The summed E-state index contributed by atoms with van der Waals surface area (Å²) < 4.78 is 28.6. The lowest BCUT2D eigenvalue weighted by Gasteiger charge is -2.36. The normalized spacial score (nSPS) is 36.4. The first-order valence-electron chi connectivity index (χ1n) is 7.78. The van der Waals surface area contributed by atoms with E-state index in [2.05, 4.69) is 0 Å². The van der Waals surface area contributed by atoms with E-state index in [1.165, 1.54) is 18.4 Å². The van der Waals surface area contributed by atoms with Gasteiger partial charge in [-0.05, 0) is 30.5 Å². The highest BCUT2D eigenvalue weighted by molar-refractivity contribution is 6.22. The molecular formula is C15H16O4. The van der Waals surface area contributed by atoms with Gasteiger partial charge in [-0.3, -0.25) is 4.79 Å². The Balaban J connectivity index is 1.96. The van der Waals surface area contributed by atoms with Gasteiger partial charge in [0.25, 0.3) is 0 Å². The second kappa shape index (κ2) is 4.70. The Hall–Kier alpha value is -1.81. The fourth-order valence-corrected chi connectivity index (χ4v) is 2.53. The molecule has 1 aromatic rings. The monoisotopic (exact) mass is 263 g/mol. The molecule has 0 spiro atoms. The van der Waals surface area contributed by atoms with Crippen molar-refractivity contribution in [1.82, 2.24) is 0 Å². The van der Waals surface area contributed by atoms with Crippen LogP contribution in [0.2, 0.25) is 0 Å². The van der Waals surface area contributed by atoms with E-state index in [0.29, 0.717) is 18.4 Å². The molecule has 2 N–H and O–H groups in total. The van der Waals surface area contributed by atoms with Crippen molar-refractivity contribution in [3.05, 3.63) is 36.0 Å². The van der Waals surface area contributed by atoms with Gasteiger partial charge in [0.05, 0.1) is 26.6 Å². The Bertz CT molecular complexity index is 635. The van der Waals surface area contributed by atoms with E-state index in [-0.39, 0.29) is 23.4 Å². The minimum atomic E-state index is -0.862. The van der Waals surface area contributed by atoms with Crippen molar-refractivity contribution < 1.29 is 23.9 Å². The summed E-state index contributed by atoms with van der Waals surface area (Å²) in [5, 5.41) is 19.2. The van der Waals surface area contributed by atoms with Gasteiger partial charge in [-0.25, -0.2) is 0 Å². The predicted molar refractivity (Wildman–Crippen MR) is 69.3 cm³/mol. The fourth-order valence-electron chi connectivity index (χ4n) is 2.53. The smallest absolute Gasteiger partial charge is 0.173 e. The summed E-state index contributed by atoms with van der Waals surface area (Å²) in [6.45, 7) is 0. The molecule has 4 atom stereocenters. The van der Waals surface area contributed by atoms with E-state index >= 15 is 0 Å². The maximum atomic E-state index is 12.6. The number of aliphatic hydroxyl groups is 1. The van der Waals surface area contributed by atoms with Gasteiger partial charge in [-0.2, -0.15) is 0 Å². The SMILES string of the molecule is [2H]c1cc(C2=COC3C(CCC(O)C3[2H])C2=O)cc([2H])c1O. The molecule has 4 nitrogen and oxygen atoms in total. The molecular weight excluding hydrogens is 244 g/mol. The Morgan fingerprint density at radius 3 is 2.84 bits per heavy atom. The van der Waals surface area contributed by atoms with Crippen LogP contribution in [0.1, 0.15) is 28.9 Å². The van der Waals surface area contributed by atoms with Crippen LogP contribution in [-0.4, -0.2) is 28.2 Å². The number of ether oxygens (including phenoxy) is 1. The number of phenolic OH excluding ortho intramolecular Hbond substituents is 1. The summed E-state index contributed by atoms with van der Waals surface area (Å²) in [5.41, 5.74) is 0.593. The highest BCUT2D eigenvalue weighted by Crippen LogP contribution is 2.36. The van der Waals surface area contributed by atoms with Gasteiger partial charge < -0.3 is 14.9 Å². The summed E-state index contributed by atoms with van der Waals surface area (Å²) in [6, 6.07) is 2.18. The molecule has 19 heavy (non-hydrogen) atoms. The number of benzene rings is 1. The van der Waals surface area contributed by atoms with Crippen LogP contribution < -0.4 is 0 Å². The zero-order chi connectivity index (χ0) is 16.0. The van der Waals surface area contributed by atoms with Gasteiger partial charge in [0.2, 0.25) is 0 Å². The third-order valence-corrected chi connectivity index (χ3v) is 3.57. The summed E-state index contributed by atoms with van der Waals surface area (Å²) in [6.07, 6.45) is -0.259. The summed E-state index contributed by atoms with van der Waals surface area (Å²) in [4.78, 5) is 12.6. The van der Waals surface area contributed by atoms with Crippen molar-refractivity contribution in [3.63, 3.8) is 0 Å². The molecule has 1 saturated carbocycles. The summed E-state index contributed by atoms with van der Waals surface area (Å²) in [5.74, 6) is -1.13. The maximum Gasteiger partial charge on any atom is 0.173 e. The number of carbonyl (C=O) groups is 1. The third kappa shape index (κ3) is 2.24. The molecule has 0 saturated heterocycles. The van der Waals surface area contributed by atoms with Crippen LogP contribution in [0.15, 0.2) is 30.5 Å². The van der Waals surface area contributed by atoms with E-state index < -0.39 is 30.3 Å². The lowest BCUT2D eigenvalue weighted by Crippen LogP contribution is -2.40. The molecule has 0 amide bonds. The van der Waals surface area contributed by atoms with Crippen LogP contribution in [-0.2, 0) is 9.53 Å². The Kier molecular flexibility index (Phi) is 2.26. The van der Waals surface area contributed by atoms with Gasteiger partial charge in [0, 0.05) is 7.77 Å². The number of fused-ring (bicyclic) bond motifs is 1. The van der Waals surface area contributed by atoms with Gasteiger partial charge in [0.1, 0.15) is 11.9 Å². The summed E-state index contributed by atoms with van der Waals surface area (Å²) in [7, 11) is 0. The lowest BCUT2D eigenvalue weighted by molar-refractivity contribution is -0.126. The van der Waals surface area contributed by atoms with E-state index in [4.69, 9.17) is 8.85 Å². The first-order chi connectivity index (χ1) is 10.4. The molecule has 1 aliphatic heterocycles. The predicted octanol–water partition coefficient (Wildman–Crippen LogP) is 1.86. The minimum Gasteiger partial charge on any atom is -0.508 e. The molecule has 0 aromatic heterocycles. The third-order valence-electron chi connectivity index (χ3n) is 3.57. The fraction of sp³-hybridized carbons (Fsp3) is 0.400. The Morgan fingerprint density at radius 1 is 1.37 bits per heavy atom. The van der Waals surface area contributed by atoms with Crippen LogP contribution >= 0.6 is 0 Å². The van der Waals surface area contributed by atoms with E-state index in [1.807, 2.05) is 0 Å². The molecule has 4 unspecified atom stereocenters. The molecule has 1 aliphatic carbocycles. The largest absolute Gasteiger partial charge is 0.508 e. The standard InChI is InChI=1S/C15H16O4/c16-10-3-1-9(2-4-10)13-8-19-14-7-11(17)5-6-12(14)15(13)18/h1-4,8,11-12,14,16-17H,5-7H2/i3D,4D,7D.